The number of imidazole rings is 1. The molecular formula is C16H18N4O. The van der Waals surface area contributed by atoms with Gasteiger partial charge in [0.2, 0.25) is 0 Å². The van der Waals surface area contributed by atoms with Crippen LogP contribution in [0.25, 0.3) is 17.1 Å². The van der Waals surface area contributed by atoms with Crippen LogP contribution in [-0.4, -0.2) is 39.7 Å². The number of hydrogen-bond donors (Lipinski definition) is 0. The highest BCUT2D eigenvalue weighted by Crippen LogP contribution is 2.16. The van der Waals surface area contributed by atoms with Gasteiger partial charge in [0.1, 0.15) is 5.69 Å². The molecule has 0 spiro atoms. The van der Waals surface area contributed by atoms with Gasteiger partial charge in [0, 0.05) is 37.2 Å². The predicted molar refractivity (Wildman–Crippen MR) is 83.0 cm³/mol. The molecule has 2 heterocycles. The highest BCUT2D eigenvalue weighted by molar-refractivity contribution is 5.60. The van der Waals surface area contributed by atoms with Crippen LogP contribution in [0.2, 0.25) is 0 Å². The molecule has 0 atom stereocenters. The second-order valence-electron chi connectivity index (χ2n) is 5.33. The normalized spacial score (nSPS) is 11.4. The molecule has 0 aliphatic carbocycles. The zero-order chi connectivity index (χ0) is 14.8. The molecule has 3 rings (SSSR count). The zero-order valence-electron chi connectivity index (χ0n) is 12.2. The minimum Gasteiger partial charge on any atom is -0.348 e. The van der Waals surface area contributed by atoms with Gasteiger partial charge in [-0.05, 0) is 14.1 Å². The monoisotopic (exact) mass is 282 g/mol. The molecule has 5 nitrogen and oxygen atoms in total. The molecule has 2 aliphatic rings. The van der Waals surface area contributed by atoms with Crippen LogP contribution in [0.3, 0.4) is 0 Å². The SMILES string of the molecule is CN(C)CCn1ccn2c(=O)c(-c3ccccc3)nc-2c1. The van der Waals surface area contributed by atoms with Gasteiger partial charge in [-0.25, -0.2) is 4.98 Å². The third-order valence-corrected chi connectivity index (χ3v) is 3.44. The summed E-state index contributed by atoms with van der Waals surface area (Å²) in [7, 11) is 4.08. The molecule has 0 radical (unpaired) electrons. The Morgan fingerprint density at radius 1 is 1.14 bits per heavy atom. The van der Waals surface area contributed by atoms with E-state index in [1.165, 1.54) is 0 Å². The fourth-order valence-corrected chi connectivity index (χ4v) is 2.25. The molecule has 0 saturated carbocycles. The van der Waals surface area contributed by atoms with Crippen molar-refractivity contribution in [3.05, 3.63) is 59.3 Å². The summed E-state index contributed by atoms with van der Waals surface area (Å²) in [5, 5.41) is 0. The average Bonchev–Trinajstić information content (AvgIpc) is 2.83. The smallest absolute Gasteiger partial charge is 0.282 e. The van der Waals surface area contributed by atoms with Crippen LogP contribution < -0.4 is 5.56 Å². The van der Waals surface area contributed by atoms with E-state index in [-0.39, 0.29) is 5.56 Å². The van der Waals surface area contributed by atoms with E-state index in [1.54, 1.807) is 10.8 Å². The maximum absolute atomic E-state index is 12.4. The Hall–Kier alpha value is -2.40. The maximum Gasteiger partial charge on any atom is 0.282 e. The Labute approximate surface area is 123 Å². The van der Waals surface area contributed by atoms with Crippen LogP contribution in [-0.2, 0) is 6.54 Å². The first-order valence-corrected chi connectivity index (χ1v) is 6.93. The van der Waals surface area contributed by atoms with Crippen molar-refractivity contribution in [1.82, 2.24) is 19.0 Å². The van der Waals surface area contributed by atoms with E-state index >= 15 is 0 Å². The Balaban J connectivity index is 2.00. The zero-order valence-corrected chi connectivity index (χ0v) is 12.2. The van der Waals surface area contributed by atoms with Gasteiger partial charge < -0.3 is 9.47 Å². The van der Waals surface area contributed by atoms with Crippen LogP contribution in [0.4, 0.5) is 0 Å². The molecule has 0 unspecified atom stereocenters. The second-order valence-corrected chi connectivity index (χ2v) is 5.33. The molecule has 108 valence electrons. The summed E-state index contributed by atoms with van der Waals surface area (Å²) < 4.78 is 3.64. The number of hydrogen-bond acceptors (Lipinski definition) is 3. The van der Waals surface area contributed by atoms with E-state index in [1.807, 2.05) is 56.8 Å². The van der Waals surface area contributed by atoms with Crippen LogP contribution in [0.5, 0.6) is 0 Å². The lowest BCUT2D eigenvalue weighted by Crippen LogP contribution is -2.20. The van der Waals surface area contributed by atoms with Crippen molar-refractivity contribution in [2.75, 3.05) is 20.6 Å². The van der Waals surface area contributed by atoms with E-state index in [0.717, 1.165) is 18.7 Å². The number of likely N-dealkylation sites (N-methyl/N-ethyl adjacent to an activating group) is 1. The van der Waals surface area contributed by atoms with Crippen LogP contribution in [0.15, 0.2) is 53.7 Å². The lowest BCUT2D eigenvalue weighted by Gasteiger charge is -2.12. The van der Waals surface area contributed by atoms with Crippen molar-refractivity contribution in [3.63, 3.8) is 0 Å². The molecule has 0 N–H and O–H groups in total. The predicted octanol–water partition coefficient (Wildman–Crippen LogP) is 1.70. The first-order chi connectivity index (χ1) is 10.1. The minimum atomic E-state index is -0.0732. The number of nitrogens with zero attached hydrogens (tertiary/aromatic N) is 4. The van der Waals surface area contributed by atoms with Gasteiger partial charge in [0.25, 0.3) is 5.56 Å². The van der Waals surface area contributed by atoms with Crippen molar-refractivity contribution >= 4 is 0 Å². The molecule has 0 aromatic heterocycles. The second kappa shape index (κ2) is 5.54. The summed E-state index contributed by atoms with van der Waals surface area (Å²) in [5.74, 6) is 0.681. The molecule has 1 aromatic rings. The maximum atomic E-state index is 12.4. The molecule has 5 heteroatoms. The third kappa shape index (κ3) is 2.73. The van der Waals surface area contributed by atoms with Crippen molar-refractivity contribution in [2.24, 2.45) is 0 Å². The van der Waals surface area contributed by atoms with E-state index in [2.05, 4.69) is 14.5 Å². The van der Waals surface area contributed by atoms with Gasteiger partial charge in [0.05, 0.1) is 0 Å². The van der Waals surface area contributed by atoms with Gasteiger partial charge in [-0.3, -0.25) is 9.36 Å². The molecular weight excluding hydrogens is 264 g/mol. The van der Waals surface area contributed by atoms with Crippen LogP contribution in [0, 0.1) is 0 Å². The quantitative estimate of drug-likeness (QED) is 0.731. The van der Waals surface area contributed by atoms with Gasteiger partial charge in [-0.1, -0.05) is 30.3 Å². The fraction of sp³-hybridized carbons (Fsp3) is 0.250. The van der Waals surface area contributed by atoms with Crippen molar-refractivity contribution in [1.29, 1.82) is 0 Å². The Morgan fingerprint density at radius 2 is 1.90 bits per heavy atom. The largest absolute Gasteiger partial charge is 0.348 e. The average molecular weight is 282 g/mol. The molecule has 0 amide bonds. The van der Waals surface area contributed by atoms with Gasteiger partial charge in [-0.2, -0.15) is 0 Å². The summed E-state index contributed by atoms with van der Waals surface area (Å²) in [6.07, 6.45) is 5.61. The van der Waals surface area contributed by atoms with Gasteiger partial charge >= 0.3 is 0 Å². The van der Waals surface area contributed by atoms with E-state index in [9.17, 15) is 4.79 Å². The molecule has 2 aliphatic heterocycles. The first-order valence-electron chi connectivity index (χ1n) is 6.93. The number of rotatable bonds is 4. The van der Waals surface area contributed by atoms with Crippen molar-refractivity contribution in [2.45, 2.75) is 6.54 Å². The van der Waals surface area contributed by atoms with E-state index < -0.39 is 0 Å². The third-order valence-electron chi connectivity index (χ3n) is 3.44. The standard InChI is InChI=1S/C16H18N4O/c1-18(2)8-9-19-10-11-20-14(12-19)17-15(16(20)21)13-6-4-3-5-7-13/h3-7,10-12H,8-9H2,1-2H3. The van der Waals surface area contributed by atoms with Crippen LogP contribution in [0.1, 0.15) is 0 Å². The van der Waals surface area contributed by atoms with Crippen molar-refractivity contribution < 1.29 is 0 Å². The summed E-state index contributed by atoms with van der Waals surface area (Å²) in [4.78, 5) is 19.0. The molecule has 21 heavy (non-hydrogen) atoms. The Bertz CT molecular complexity index is 758. The topological polar surface area (TPSA) is 43.1 Å². The highest BCUT2D eigenvalue weighted by atomic mass is 16.1. The number of benzene rings is 1. The molecule has 1 aromatic carbocycles. The number of aromatic nitrogens is 3. The van der Waals surface area contributed by atoms with Crippen molar-refractivity contribution in [3.8, 4) is 17.1 Å². The lowest BCUT2D eigenvalue weighted by molar-refractivity contribution is 0.382. The van der Waals surface area contributed by atoms with Gasteiger partial charge in [-0.15, -0.1) is 0 Å². The Kier molecular flexibility index (Phi) is 3.58. The summed E-state index contributed by atoms with van der Waals surface area (Å²) >= 11 is 0. The van der Waals surface area contributed by atoms with E-state index in [4.69, 9.17) is 0 Å². The van der Waals surface area contributed by atoms with Gasteiger partial charge in [0.15, 0.2) is 5.82 Å². The lowest BCUT2D eigenvalue weighted by atomic mass is 10.2. The summed E-state index contributed by atoms with van der Waals surface area (Å²) in [6.45, 7) is 1.81. The Morgan fingerprint density at radius 3 is 2.62 bits per heavy atom. The van der Waals surface area contributed by atoms with E-state index in [0.29, 0.717) is 11.5 Å². The summed E-state index contributed by atoms with van der Waals surface area (Å²) in [6, 6.07) is 9.57. The molecule has 0 fully saturated rings. The fourth-order valence-electron chi connectivity index (χ4n) is 2.25. The highest BCUT2D eigenvalue weighted by Gasteiger charge is 2.15. The van der Waals surface area contributed by atoms with Crippen LogP contribution >= 0.6 is 0 Å². The minimum absolute atomic E-state index is 0.0732. The number of fused-ring (bicyclic) bond motifs is 1. The summed E-state index contributed by atoms with van der Waals surface area (Å²) in [5.41, 5.74) is 1.28. The molecule has 0 bridgehead atoms. The first kappa shape index (κ1) is 13.6. The molecule has 0 saturated heterocycles.